The first-order valence-corrected chi connectivity index (χ1v) is 11.8. The molecule has 31 heavy (non-hydrogen) atoms. The van der Waals surface area contributed by atoms with E-state index in [2.05, 4.69) is 65.2 Å². The molecule has 1 atom stereocenters. The second-order valence-electron chi connectivity index (χ2n) is 8.67. The minimum Gasteiger partial charge on any atom is -0.368 e. The number of amides is 1. The average molecular weight is 433 g/mol. The number of piperazine rings is 1. The second kappa shape index (κ2) is 8.09. The lowest BCUT2D eigenvalue weighted by Crippen LogP contribution is -2.44. The molecular formula is C25H28N4OS. The zero-order valence-electron chi connectivity index (χ0n) is 18.3. The Balaban J connectivity index is 1.46. The van der Waals surface area contributed by atoms with E-state index in [0.29, 0.717) is 0 Å². The number of nitrogens with zero attached hydrogens (tertiary/aromatic N) is 4. The molecule has 0 saturated carbocycles. The summed E-state index contributed by atoms with van der Waals surface area (Å²) in [5, 5.41) is 1.07. The van der Waals surface area contributed by atoms with Gasteiger partial charge in [0.15, 0.2) is 0 Å². The molecule has 0 radical (unpaired) electrons. The van der Waals surface area contributed by atoms with Crippen LogP contribution in [0.25, 0.3) is 15.8 Å². The van der Waals surface area contributed by atoms with Crippen LogP contribution in [0.3, 0.4) is 0 Å². The van der Waals surface area contributed by atoms with Gasteiger partial charge in [0, 0.05) is 44.2 Å². The van der Waals surface area contributed by atoms with E-state index in [1.807, 2.05) is 24.1 Å². The number of rotatable bonds is 2. The number of carbonyl (C=O) groups excluding carboxylic acids is 1. The summed E-state index contributed by atoms with van der Waals surface area (Å²) >= 11 is 1.70. The molecule has 3 aliphatic heterocycles. The predicted molar refractivity (Wildman–Crippen MR) is 127 cm³/mol. The monoisotopic (exact) mass is 432 g/mol. The summed E-state index contributed by atoms with van der Waals surface area (Å²) in [6.45, 7) is 8.30. The number of aromatic nitrogens is 1. The van der Waals surface area contributed by atoms with E-state index >= 15 is 0 Å². The highest BCUT2D eigenvalue weighted by Gasteiger charge is 2.25. The molecule has 6 heteroatoms. The third kappa shape index (κ3) is 3.98. The number of carbonyl (C=O) groups is 1. The predicted octanol–water partition coefficient (Wildman–Crippen LogP) is 4.40. The molecule has 5 nitrogen and oxygen atoms in total. The second-order valence-corrected chi connectivity index (χ2v) is 9.90. The molecule has 1 fully saturated rings. The van der Waals surface area contributed by atoms with Crippen molar-refractivity contribution in [3.05, 3.63) is 70.7 Å². The highest BCUT2D eigenvalue weighted by atomic mass is 32.1. The highest BCUT2D eigenvalue weighted by molar-refractivity contribution is 7.18. The molecule has 1 amide bonds. The lowest BCUT2D eigenvalue weighted by molar-refractivity contribution is -0.122. The molecule has 4 heterocycles. The standard InChI is InChI=1S/C25H28N4OS/c1-17-4-6-20-7-8-21(28-12-10-27(3)11-13-28)16-29(20)25(30)15-22(17)19-5-9-23-24(14-19)31-18(2)26-23/h5-9,14-17H,4,10-13H2,1-3H3. The van der Waals surface area contributed by atoms with Crippen molar-refractivity contribution in [3.8, 4) is 0 Å². The van der Waals surface area contributed by atoms with E-state index in [9.17, 15) is 4.79 Å². The fourth-order valence-electron chi connectivity index (χ4n) is 4.47. The quantitative estimate of drug-likeness (QED) is 0.705. The fraction of sp³-hybridized carbons (Fsp3) is 0.360. The normalized spacial score (nSPS) is 22.6. The van der Waals surface area contributed by atoms with Crippen LogP contribution in [0.15, 0.2) is 60.1 Å². The molecule has 0 spiro atoms. The van der Waals surface area contributed by atoms with Crippen LogP contribution in [0.1, 0.15) is 23.9 Å². The fourth-order valence-corrected chi connectivity index (χ4v) is 5.33. The van der Waals surface area contributed by atoms with Crippen LogP contribution in [0.2, 0.25) is 0 Å². The summed E-state index contributed by atoms with van der Waals surface area (Å²) in [5.41, 5.74) is 5.32. The molecule has 3 aliphatic rings. The average Bonchev–Trinajstić information content (AvgIpc) is 3.14. The lowest BCUT2D eigenvalue weighted by Gasteiger charge is -2.37. The number of hydrogen-bond acceptors (Lipinski definition) is 5. The number of fused-ring (bicyclic) bond motifs is 2. The Labute approximate surface area is 187 Å². The number of hydrogen-bond donors (Lipinski definition) is 0. The molecule has 160 valence electrons. The largest absolute Gasteiger partial charge is 0.368 e. The van der Waals surface area contributed by atoms with Gasteiger partial charge < -0.3 is 9.80 Å². The Hall–Kier alpha value is -2.70. The first-order valence-electron chi connectivity index (χ1n) is 10.9. The van der Waals surface area contributed by atoms with Crippen molar-refractivity contribution in [2.45, 2.75) is 20.3 Å². The molecule has 0 N–H and O–H groups in total. The van der Waals surface area contributed by atoms with Gasteiger partial charge in [0.25, 0.3) is 5.91 Å². The number of allylic oxidation sites excluding steroid dienone is 4. The van der Waals surface area contributed by atoms with Crippen molar-refractivity contribution in [2.24, 2.45) is 5.92 Å². The van der Waals surface area contributed by atoms with E-state index in [0.717, 1.165) is 65.7 Å². The highest BCUT2D eigenvalue weighted by Crippen LogP contribution is 2.34. The summed E-state index contributed by atoms with van der Waals surface area (Å²) in [7, 11) is 2.16. The van der Waals surface area contributed by atoms with Gasteiger partial charge in [-0.1, -0.05) is 19.1 Å². The number of thiazole rings is 1. The van der Waals surface area contributed by atoms with Crippen LogP contribution in [0, 0.1) is 12.8 Å². The molecular weight excluding hydrogens is 404 g/mol. The maximum atomic E-state index is 13.4. The van der Waals surface area contributed by atoms with Crippen LogP contribution in [-0.2, 0) is 4.79 Å². The third-order valence-corrected chi connectivity index (χ3v) is 7.32. The van der Waals surface area contributed by atoms with Gasteiger partial charge in [0.2, 0.25) is 0 Å². The van der Waals surface area contributed by atoms with Gasteiger partial charge in [-0.05, 0) is 61.7 Å². The molecule has 1 saturated heterocycles. The Kier molecular flexibility index (Phi) is 5.28. The number of benzene rings is 1. The zero-order chi connectivity index (χ0) is 21.5. The molecule has 1 unspecified atom stereocenters. The molecule has 2 aromatic rings. The maximum absolute atomic E-state index is 13.4. The van der Waals surface area contributed by atoms with E-state index in [1.54, 1.807) is 11.3 Å². The Morgan fingerprint density at radius 1 is 1.10 bits per heavy atom. The minimum atomic E-state index is 0.0179. The van der Waals surface area contributed by atoms with Crippen LogP contribution in [0.4, 0.5) is 0 Å². The minimum absolute atomic E-state index is 0.0179. The van der Waals surface area contributed by atoms with E-state index in [1.165, 1.54) is 4.70 Å². The van der Waals surface area contributed by atoms with Gasteiger partial charge in [-0.15, -0.1) is 11.3 Å². The van der Waals surface area contributed by atoms with Gasteiger partial charge in [-0.25, -0.2) is 4.98 Å². The first-order chi connectivity index (χ1) is 15.0. The first kappa shape index (κ1) is 20.2. The van der Waals surface area contributed by atoms with Gasteiger partial charge in [0.05, 0.1) is 20.9 Å². The molecule has 0 bridgehead atoms. The van der Waals surface area contributed by atoms with Gasteiger partial charge in [0.1, 0.15) is 0 Å². The maximum Gasteiger partial charge on any atom is 0.255 e. The summed E-state index contributed by atoms with van der Waals surface area (Å²) in [4.78, 5) is 24.5. The van der Waals surface area contributed by atoms with Crippen molar-refractivity contribution >= 4 is 33.0 Å². The van der Waals surface area contributed by atoms with E-state index < -0.39 is 0 Å². The zero-order valence-corrected chi connectivity index (χ0v) is 19.2. The topological polar surface area (TPSA) is 39.7 Å². The summed E-state index contributed by atoms with van der Waals surface area (Å²) in [5.74, 6) is 0.283. The van der Waals surface area contributed by atoms with Crippen LogP contribution in [-0.4, -0.2) is 58.8 Å². The van der Waals surface area contributed by atoms with Gasteiger partial charge in [-0.3, -0.25) is 9.69 Å². The van der Waals surface area contributed by atoms with Crippen molar-refractivity contribution in [1.82, 2.24) is 19.7 Å². The van der Waals surface area contributed by atoms with Crippen LogP contribution >= 0.6 is 11.3 Å². The van der Waals surface area contributed by atoms with Crippen molar-refractivity contribution < 1.29 is 4.79 Å². The van der Waals surface area contributed by atoms with Gasteiger partial charge >= 0.3 is 0 Å². The van der Waals surface area contributed by atoms with Crippen LogP contribution in [0.5, 0.6) is 0 Å². The van der Waals surface area contributed by atoms with E-state index in [-0.39, 0.29) is 11.8 Å². The molecule has 5 rings (SSSR count). The number of aryl methyl sites for hydroxylation is 1. The van der Waals surface area contributed by atoms with Crippen molar-refractivity contribution in [3.63, 3.8) is 0 Å². The van der Waals surface area contributed by atoms with Crippen molar-refractivity contribution in [1.29, 1.82) is 0 Å². The summed E-state index contributed by atoms with van der Waals surface area (Å²) < 4.78 is 1.17. The molecule has 1 aromatic heterocycles. The Morgan fingerprint density at radius 2 is 1.87 bits per heavy atom. The van der Waals surface area contributed by atoms with Crippen LogP contribution < -0.4 is 0 Å². The van der Waals surface area contributed by atoms with Gasteiger partial charge in [-0.2, -0.15) is 0 Å². The number of likely N-dealkylation sites (N-methyl/N-ethyl adjacent to an activating group) is 1. The van der Waals surface area contributed by atoms with E-state index in [4.69, 9.17) is 0 Å². The Morgan fingerprint density at radius 3 is 2.68 bits per heavy atom. The van der Waals surface area contributed by atoms with Crippen molar-refractivity contribution in [2.75, 3.05) is 33.2 Å². The SMILES string of the molecule is Cc1nc2ccc(C3=CC(=O)N4C=C(N5CCN(C)CC5)C=CC4=CCC3C)cc2s1. The molecule has 0 aliphatic carbocycles. The lowest BCUT2D eigenvalue weighted by atomic mass is 9.89. The Bertz CT molecular complexity index is 1150. The summed E-state index contributed by atoms with van der Waals surface area (Å²) in [6.07, 6.45) is 11.2. The molecule has 1 aromatic carbocycles. The third-order valence-electron chi connectivity index (χ3n) is 6.39. The smallest absolute Gasteiger partial charge is 0.255 e. The summed E-state index contributed by atoms with van der Waals surface area (Å²) in [6, 6.07) is 6.36.